The molecule has 4 N–H and O–H groups in total. The number of hydrogen-bond acceptors (Lipinski definition) is 3. The predicted molar refractivity (Wildman–Crippen MR) is 80.5 cm³/mol. The monoisotopic (exact) mass is 304 g/mol. The number of nitrogens with zero attached hydrogens (tertiary/aromatic N) is 2. The first-order chi connectivity index (χ1) is 10.5. The van der Waals surface area contributed by atoms with Gasteiger partial charge < -0.3 is 16.2 Å². The lowest BCUT2D eigenvalue weighted by Gasteiger charge is -2.06. The number of rotatable bonds is 5. The Labute approximate surface area is 125 Å². The molecule has 0 spiro atoms. The quantitative estimate of drug-likeness (QED) is 0.504. The van der Waals surface area contributed by atoms with Crippen LogP contribution in [0.4, 0.5) is 8.78 Å². The zero-order valence-electron chi connectivity index (χ0n) is 11.5. The average molecular weight is 304 g/mol. The largest absolute Gasteiger partial charge is 0.489 e. The summed E-state index contributed by atoms with van der Waals surface area (Å²) in [6.07, 6.45) is 1.48. The Kier molecular flexibility index (Phi) is 5.02. The molecule has 22 heavy (non-hydrogen) atoms. The fourth-order valence-electron chi connectivity index (χ4n) is 1.67. The molecule has 0 amide bonds. The summed E-state index contributed by atoms with van der Waals surface area (Å²) in [4.78, 5) is 0. The molecule has 0 aliphatic heterocycles. The van der Waals surface area contributed by atoms with Gasteiger partial charge in [-0.2, -0.15) is 5.10 Å². The highest BCUT2D eigenvalue weighted by Crippen LogP contribution is 2.15. The lowest BCUT2D eigenvalue weighted by atomic mass is 10.2. The second-order valence-corrected chi connectivity index (χ2v) is 4.40. The Morgan fingerprint density at radius 1 is 1.05 bits per heavy atom. The van der Waals surface area contributed by atoms with E-state index in [0.717, 1.165) is 11.6 Å². The maximum absolute atomic E-state index is 13.0. The molecule has 0 saturated heterocycles. The third kappa shape index (κ3) is 4.86. The van der Waals surface area contributed by atoms with Gasteiger partial charge in [0.15, 0.2) is 0 Å². The molecule has 114 valence electrons. The molecule has 0 heterocycles. The van der Waals surface area contributed by atoms with Gasteiger partial charge in [0.2, 0.25) is 5.96 Å². The van der Waals surface area contributed by atoms with Crippen LogP contribution in [-0.4, -0.2) is 12.2 Å². The summed E-state index contributed by atoms with van der Waals surface area (Å²) >= 11 is 0. The van der Waals surface area contributed by atoms with Crippen molar-refractivity contribution in [3.8, 4) is 5.75 Å². The zero-order chi connectivity index (χ0) is 15.9. The first kappa shape index (κ1) is 15.4. The van der Waals surface area contributed by atoms with E-state index in [1.54, 1.807) is 24.3 Å². The van der Waals surface area contributed by atoms with Gasteiger partial charge in [-0.25, -0.2) is 8.78 Å². The van der Waals surface area contributed by atoms with Crippen molar-refractivity contribution in [2.75, 3.05) is 0 Å². The molecule has 0 fully saturated rings. The summed E-state index contributed by atoms with van der Waals surface area (Å²) in [5, 5.41) is 7.15. The molecule has 0 radical (unpaired) electrons. The van der Waals surface area contributed by atoms with E-state index < -0.39 is 11.6 Å². The average Bonchev–Trinajstić information content (AvgIpc) is 2.45. The Balaban J connectivity index is 1.96. The van der Waals surface area contributed by atoms with Gasteiger partial charge in [-0.1, -0.05) is 0 Å². The highest BCUT2D eigenvalue weighted by atomic mass is 19.1. The summed E-state index contributed by atoms with van der Waals surface area (Å²) in [7, 11) is 0. The molecule has 0 aliphatic rings. The van der Waals surface area contributed by atoms with Crippen LogP contribution in [0.1, 0.15) is 11.1 Å². The Hall–Kier alpha value is -2.96. The van der Waals surface area contributed by atoms with Gasteiger partial charge in [-0.05, 0) is 47.5 Å². The molecule has 2 rings (SSSR count). The molecule has 7 heteroatoms. The molecule has 0 unspecified atom stereocenters. The third-order valence-electron chi connectivity index (χ3n) is 2.59. The topological polar surface area (TPSA) is 86.0 Å². The minimum Gasteiger partial charge on any atom is -0.489 e. The van der Waals surface area contributed by atoms with E-state index in [2.05, 4.69) is 10.2 Å². The fourth-order valence-corrected chi connectivity index (χ4v) is 1.67. The maximum atomic E-state index is 13.0. The molecule has 2 aromatic rings. The highest BCUT2D eigenvalue weighted by Gasteiger charge is 2.02. The SMILES string of the molecule is NC(N)=NN=Cc1ccc(OCc2cc(F)cc(F)c2)cc1. The summed E-state index contributed by atoms with van der Waals surface area (Å²) in [5.74, 6) is -0.836. The highest BCUT2D eigenvalue weighted by molar-refractivity contribution is 5.81. The van der Waals surface area contributed by atoms with E-state index in [9.17, 15) is 8.78 Å². The van der Waals surface area contributed by atoms with Crippen LogP contribution >= 0.6 is 0 Å². The van der Waals surface area contributed by atoms with Crippen LogP contribution in [-0.2, 0) is 6.61 Å². The number of guanidine groups is 1. The van der Waals surface area contributed by atoms with Gasteiger partial charge in [-0.15, -0.1) is 5.10 Å². The van der Waals surface area contributed by atoms with Crippen molar-refractivity contribution in [3.63, 3.8) is 0 Å². The lowest BCUT2D eigenvalue weighted by Crippen LogP contribution is -2.21. The number of nitrogens with two attached hydrogens (primary N) is 2. The van der Waals surface area contributed by atoms with Crippen LogP contribution in [0.5, 0.6) is 5.75 Å². The molecular weight excluding hydrogens is 290 g/mol. The van der Waals surface area contributed by atoms with Gasteiger partial charge in [0.25, 0.3) is 0 Å². The van der Waals surface area contributed by atoms with Crippen LogP contribution in [0.25, 0.3) is 0 Å². The van der Waals surface area contributed by atoms with Crippen molar-refractivity contribution in [1.82, 2.24) is 0 Å². The van der Waals surface area contributed by atoms with Crippen molar-refractivity contribution in [1.29, 1.82) is 0 Å². The number of ether oxygens (including phenoxy) is 1. The van der Waals surface area contributed by atoms with Crippen LogP contribution in [0.2, 0.25) is 0 Å². The van der Waals surface area contributed by atoms with Gasteiger partial charge >= 0.3 is 0 Å². The Morgan fingerprint density at radius 3 is 2.27 bits per heavy atom. The molecule has 0 saturated carbocycles. The smallest absolute Gasteiger partial charge is 0.211 e. The van der Waals surface area contributed by atoms with Gasteiger partial charge in [0.1, 0.15) is 24.0 Å². The second-order valence-electron chi connectivity index (χ2n) is 4.40. The van der Waals surface area contributed by atoms with Crippen LogP contribution in [0.3, 0.4) is 0 Å². The third-order valence-corrected chi connectivity index (χ3v) is 2.59. The number of halogens is 2. The molecule has 2 aromatic carbocycles. The fraction of sp³-hybridized carbons (Fsp3) is 0.0667. The standard InChI is InChI=1S/C15H14F2N4O/c16-12-5-11(6-13(17)7-12)9-22-14-3-1-10(2-4-14)8-20-21-15(18)19/h1-8H,9H2,(H4,18,19,21). The van der Waals surface area contributed by atoms with E-state index in [4.69, 9.17) is 16.2 Å². The molecule has 0 bridgehead atoms. The van der Waals surface area contributed by atoms with E-state index in [0.29, 0.717) is 11.3 Å². The Morgan fingerprint density at radius 2 is 1.68 bits per heavy atom. The van der Waals surface area contributed by atoms with Crippen molar-refractivity contribution < 1.29 is 13.5 Å². The summed E-state index contributed by atoms with van der Waals surface area (Å²) in [5.41, 5.74) is 11.5. The van der Waals surface area contributed by atoms with Crippen LogP contribution in [0.15, 0.2) is 52.7 Å². The van der Waals surface area contributed by atoms with Crippen molar-refractivity contribution in [3.05, 3.63) is 65.2 Å². The summed E-state index contributed by atoms with van der Waals surface area (Å²) < 4.78 is 31.5. The first-order valence-corrected chi connectivity index (χ1v) is 6.33. The van der Waals surface area contributed by atoms with Gasteiger partial charge in [0, 0.05) is 6.07 Å². The minimum absolute atomic E-state index is 0.0656. The van der Waals surface area contributed by atoms with E-state index in [-0.39, 0.29) is 12.6 Å². The van der Waals surface area contributed by atoms with Crippen LogP contribution < -0.4 is 16.2 Å². The number of hydrogen-bond donors (Lipinski definition) is 2. The molecule has 5 nitrogen and oxygen atoms in total. The zero-order valence-corrected chi connectivity index (χ0v) is 11.5. The predicted octanol–water partition coefficient (Wildman–Crippen LogP) is 2.15. The minimum atomic E-state index is -0.634. The number of benzene rings is 2. The first-order valence-electron chi connectivity index (χ1n) is 6.33. The normalized spacial score (nSPS) is 10.6. The van der Waals surface area contributed by atoms with E-state index in [1.807, 2.05) is 0 Å². The molecule has 0 aliphatic carbocycles. The Bertz CT molecular complexity index is 675. The van der Waals surface area contributed by atoms with Crippen molar-refractivity contribution in [2.24, 2.45) is 21.7 Å². The maximum Gasteiger partial charge on any atom is 0.211 e. The summed E-state index contributed by atoms with van der Waals surface area (Å²) in [6, 6.07) is 10.1. The lowest BCUT2D eigenvalue weighted by molar-refractivity contribution is 0.305. The molecule has 0 aromatic heterocycles. The van der Waals surface area contributed by atoms with E-state index in [1.165, 1.54) is 18.3 Å². The molecular formula is C15H14F2N4O. The van der Waals surface area contributed by atoms with Gasteiger partial charge in [0.05, 0.1) is 6.21 Å². The van der Waals surface area contributed by atoms with Gasteiger partial charge in [-0.3, -0.25) is 0 Å². The van der Waals surface area contributed by atoms with E-state index >= 15 is 0 Å². The summed E-state index contributed by atoms with van der Waals surface area (Å²) in [6.45, 7) is 0.0656. The van der Waals surface area contributed by atoms with Crippen molar-refractivity contribution >= 4 is 12.2 Å². The van der Waals surface area contributed by atoms with Crippen molar-refractivity contribution in [2.45, 2.75) is 6.61 Å². The molecule has 0 atom stereocenters. The van der Waals surface area contributed by atoms with Crippen LogP contribution in [0, 0.1) is 11.6 Å². The second kappa shape index (κ2) is 7.16.